The molecule has 3 heterocycles. The smallest absolute Gasteiger partial charge is 0.354 e. The molecule has 1 aromatic carbocycles. The Morgan fingerprint density at radius 3 is 2.29 bits per heavy atom. The third-order valence-electron chi connectivity index (χ3n) is 4.92. The summed E-state index contributed by atoms with van der Waals surface area (Å²) in [6.07, 6.45) is -1.39. The fourth-order valence-corrected chi connectivity index (χ4v) is 5.08. The van der Waals surface area contributed by atoms with Crippen LogP contribution in [0.2, 0.25) is 0 Å². The molecule has 0 bridgehead atoms. The summed E-state index contributed by atoms with van der Waals surface area (Å²) in [6, 6.07) is 7.74. The number of nitrogens with zero attached hydrogens (tertiary/aromatic N) is 6. The molecule has 0 atom stereocenters. The Morgan fingerprint density at radius 1 is 0.968 bits per heavy atom. The molecule has 1 fully saturated rings. The van der Waals surface area contributed by atoms with Gasteiger partial charge in [0.15, 0.2) is 5.82 Å². The highest BCUT2D eigenvalue weighted by molar-refractivity contribution is 7.89. The molecule has 0 saturated carbocycles. The van der Waals surface area contributed by atoms with E-state index in [1.165, 1.54) is 12.1 Å². The van der Waals surface area contributed by atoms with Gasteiger partial charge in [0.2, 0.25) is 10.0 Å². The molecule has 4 rings (SSSR count). The average molecular weight is 452 g/mol. The zero-order valence-corrected chi connectivity index (χ0v) is 17.3. The van der Waals surface area contributed by atoms with E-state index in [1.807, 2.05) is 4.90 Å². The van der Waals surface area contributed by atoms with E-state index in [4.69, 9.17) is 0 Å². The number of anilines is 1. The number of benzene rings is 1. The van der Waals surface area contributed by atoms with Gasteiger partial charge in [-0.25, -0.2) is 23.1 Å². The normalized spacial score (nSPS) is 15.9. The van der Waals surface area contributed by atoms with Crippen molar-refractivity contribution in [3.63, 3.8) is 0 Å². The van der Waals surface area contributed by atoms with Crippen LogP contribution in [-0.2, 0) is 16.2 Å². The van der Waals surface area contributed by atoms with Crippen LogP contribution in [0.25, 0.3) is 5.82 Å². The molecule has 2 aromatic heterocycles. The van der Waals surface area contributed by atoms with Crippen LogP contribution in [0.15, 0.2) is 53.7 Å². The molecule has 12 heteroatoms. The van der Waals surface area contributed by atoms with Gasteiger partial charge in [0.05, 0.1) is 10.5 Å². The Kier molecular flexibility index (Phi) is 5.43. The molecule has 31 heavy (non-hydrogen) atoms. The Balaban J connectivity index is 1.55. The van der Waals surface area contributed by atoms with Crippen molar-refractivity contribution in [1.29, 1.82) is 0 Å². The van der Waals surface area contributed by atoms with E-state index in [0.717, 1.165) is 16.4 Å². The Hall–Kier alpha value is -2.99. The number of halogens is 3. The number of hydrogen-bond donors (Lipinski definition) is 0. The zero-order chi connectivity index (χ0) is 22.2. The van der Waals surface area contributed by atoms with E-state index in [0.29, 0.717) is 17.5 Å². The van der Waals surface area contributed by atoms with Gasteiger partial charge < -0.3 is 4.90 Å². The predicted octanol–water partition coefficient (Wildman–Crippen LogP) is 2.50. The van der Waals surface area contributed by atoms with Crippen LogP contribution in [-0.4, -0.2) is 58.7 Å². The van der Waals surface area contributed by atoms with Crippen LogP contribution in [0.3, 0.4) is 0 Å². The largest absolute Gasteiger partial charge is 0.417 e. The predicted molar refractivity (Wildman–Crippen MR) is 106 cm³/mol. The van der Waals surface area contributed by atoms with Gasteiger partial charge in [0, 0.05) is 44.6 Å². The minimum absolute atomic E-state index is 0.0364. The van der Waals surface area contributed by atoms with Crippen molar-refractivity contribution in [2.75, 3.05) is 31.1 Å². The molecule has 0 amide bonds. The highest BCUT2D eigenvalue weighted by Gasteiger charge is 2.39. The van der Waals surface area contributed by atoms with Crippen molar-refractivity contribution in [3.05, 3.63) is 60.2 Å². The lowest BCUT2D eigenvalue weighted by Gasteiger charge is -2.35. The first kappa shape index (κ1) is 21.2. The number of alkyl halides is 3. The van der Waals surface area contributed by atoms with Crippen LogP contribution in [0.1, 0.15) is 11.4 Å². The maximum absolute atomic E-state index is 13.3. The van der Waals surface area contributed by atoms with Gasteiger partial charge >= 0.3 is 6.18 Å². The summed E-state index contributed by atoms with van der Waals surface area (Å²) in [6.45, 7) is 2.37. The van der Waals surface area contributed by atoms with E-state index in [2.05, 4.69) is 15.1 Å². The van der Waals surface area contributed by atoms with Crippen molar-refractivity contribution in [3.8, 4) is 5.82 Å². The van der Waals surface area contributed by atoms with Crippen LogP contribution in [0.5, 0.6) is 0 Å². The van der Waals surface area contributed by atoms with Gasteiger partial charge in [-0.1, -0.05) is 12.1 Å². The number of rotatable bonds is 4. The van der Waals surface area contributed by atoms with Crippen LogP contribution >= 0.6 is 0 Å². The highest BCUT2D eigenvalue weighted by atomic mass is 32.2. The molecular formula is C19H19F3N6O2S. The molecule has 1 aliphatic rings. The minimum Gasteiger partial charge on any atom is -0.354 e. The Morgan fingerprint density at radius 2 is 1.65 bits per heavy atom. The van der Waals surface area contributed by atoms with Gasteiger partial charge in [0.1, 0.15) is 11.6 Å². The van der Waals surface area contributed by atoms with Crippen molar-refractivity contribution in [1.82, 2.24) is 24.1 Å². The maximum Gasteiger partial charge on any atom is 0.417 e. The monoisotopic (exact) mass is 452 g/mol. The minimum atomic E-state index is -4.76. The molecule has 1 saturated heterocycles. The van der Waals surface area contributed by atoms with E-state index in [9.17, 15) is 21.6 Å². The second kappa shape index (κ2) is 7.93. The fourth-order valence-electron chi connectivity index (χ4n) is 3.44. The molecule has 3 aromatic rings. The fraction of sp³-hybridized carbons (Fsp3) is 0.316. The average Bonchev–Trinajstić information content (AvgIpc) is 3.28. The van der Waals surface area contributed by atoms with Crippen molar-refractivity contribution in [2.45, 2.75) is 18.0 Å². The number of sulfonamides is 1. The van der Waals surface area contributed by atoms with Crippen LogP contribution in [0, 0.1) is 6.92 Å². The molecule has 0 spiro atoms. The standard InChI is InChI=1S/C19H19F3N6O2S/c1-14-24-17(13-18(25-14)28-8-4-7-23-28)26-9-11-27(12-10-26)31(29,30)16-6-3-2-5-15(16)19(20,21)22/h2-8,13H,9-12H2,1H3. The summed E-state index contributed by atoms with van der Waals surface area (Å²) in [5.41, 5.74) is -1.16. The first-order valence-corrected chi connectivity index (χ1v) is 10.9. The molecule has 0 unspecified atom stereocenters. The van der Waals surface area contributed by atoms with Crippen LogP contribution in [0.4, 0.5) is 19.0 Å². The van der Waals surface area contributed by atoms with Gasteiger partial charge in [-0.3, -0.25) is 0 Å². The first-order chi connectivity index (χ1) is 14.7. The summed E-state index contributed by atoms with van der Waals surface area (Å²) < 4.78 is 68.5. The molecule has 164 valence electrons. The Labute approximate surface area is 177 Å². The quantitative estimate of drug-likeness (QED) is 0.605. The molecule has 0 N–H and O–H groups in total. The van der Waals surface area contributed by atoms with Gasteiger partial charge in [-0.2, -0.15) is 22.6 Å². The van der Waals surface area contributed by atoms with Crippen molar-refractivity contribution in [2.24, 2.45) is 0 Å². The second-order valence-electron chi connectivity index (χ2n) is 6.97. The number of aryl methyl sites for hydroxylation is 1. The summed E-state index contributed by atoms with van der Waals surface area (Å²) in [4.78, 5) is 9.92. The Bertz CT molecular complexity index is 1170. The van der Waals surface area contributed by atoms with E-state index < -0.39 is 26.7 Å². The van der Waals surface area contributed by atoms with Crippen molar-refractivity contribution < 1.29 is 21.6 Å². The highest BCUT2D eigenvalue weighted by Crippen LogP contribution is 2.35. The topological polar surface area (TPSA) is 84.2 Å². The van der Waals surface area contributed by atoms with Gasteiger partial charge in [0.25, 0.3) is 0 Å². The van der Waals surface area contributed by atoms with E-state index in [-0.39, 0.29) is 26.2 Å². The summed E-state index contributed by atoms with van der Waals surface area (Å²) >= 11 is 0. The number of aromatic nitrogens is 4. The molecule has 8 nitrogen and oxygen atoms in total. The second-order valence-corrected chi connectivity index (χ2v) is 8.87. The molecule has 1 aliphatic heterocycles. The third kappa shape index (κ3) is 4.26. The number of piperazine rings is 1. The van der Waals surface area contributed by atoms with Gasteiger partial charge in [-0.05, 0) is 25.1 Å². The van der Waals surface area contributed by atoms with Gasteiger partial charge in [-0.15, -0.1) is 0 Å². The molecule has 0 aliphatic carbocycles. The lowest BCUT2D eigenvalue weighted by Crippen LogP contribution is -2.49. The summed E-state index contributed by atoms with van der Waals surface area (Å²) in [7, 11) is -4.29. The number of hydrogen-bond acceptors (Lipinski definition) is 6. The van der Waals surface area contributed by atoms with Crippen LogP contribution < -0.4 is 4.90 Å². The lowest BCUT2D eigenvalue weighted by molar-refractivity contribution is -0.139. The third-order valence-corrected chi connectivity index (χ3v) is 6.88. The SMILES string of the molecule is Cc1nc(N2CCN(S(=O)(=O)c3ccccc3C(F)(F)F)CC2)cc(-n2cccn2)n1. The van der Waals surface area contributed by atoms with E-state index in [1.54, 1.807) is 36.1 Å². The van der Waals surface area contributed by atoms with Crippen molar-refractivity contribution >= 4 is 15.8 Å². The van der Waals surface area contributed by atoms with E-state index >= 15 is 0 Å². The zero-order valence-electron chi connectivity index (χ0n) is 16.5. The first-order valence-electron chi connectivity index (χ1n) is 9.43. The maximum atomic E-state index is 13.3. The molecular weight excluding hydrogens is 433 g/mol. The molecule has 0 radical (unpaired) electrons. The lowest BCUT2D eigenvalue weighted by atomic mass is 10.2. The summed E-state index contributed by atoms with van der Waals surface area (Å²) in [5.74, 6) is 1.70. The summed E-state index contributed by atoms with van der Waals surface area (Å²) in [5, 5.41) is 4.15.